The molecular formula is C19H26F2N2O. The molecule has 2 saturated heterocycles. The van der Waals surface area contributed by atoms with Gasteiger partial charge in [0.1, 0.15) is 0 Å². The molecule has 2 fully saturated rings. The quantitative estimate of drug-likeness (QED) is 0.846. The van der Waals surface area contributed by atoms with E-state index in [0.717, 1.165) is 31.5 Å². The fraction of sp³-hybridized carbons (Fsp3) is 0.632. The maximum absolute atomic E-state index is 13.4. The molecule has 2 aliphatic heterocycles. The lowest BCUT2D eigenvalue weighted by atomic mass is 9.72. The van der Waals surface area contributed by atoms with Crippen LogP contribution < -0.4 is 0 Å². The van der Waals surface area contributed by atoms with E-state index in [-0.39, 0.29) is 31.8 Å². The minimum Gasteiger partial charge on any atom is -0.342 e. The van der Waals surface area contributed by atoms with Gasteiger partial charge in [-0.2, -0.15) is 0 Å². The van der Waals surface area contributed by atoms with E-state index < -0.39 is 11.3 Å². The van der Waals surface area contributed by atoms with Crippen molar-refractivity contribution in [1.82, 2.24) is 9.80 Å². The summed E-state index contributed by atoms with van der Waals surface area (Å²) in [6, 6.07) is 10.1. The lowest BCUT2D eigenvalue weighted by Crippen LogP contribution is -2.53. The minimum absolute atomic E-state index is 0.0787. The molecule has 0 saturated carbocycles. The van der Waals surface area contributed by atoms with Crippen molar-refractivity contribution >= 4 is 5.91 Å². The molecule has 2 aliphatic rings. The molecule has 0 bridgehead atoms. The topological polar surface area (TPSA) is 23.6 Å². The third kappa shape index (κ3) is 3.77. The normalized spacial score (nSPS) is 23.9. The highest BCUT2D eigenvalue weighted by atomic mass is 19.3. The summed E-state index contributed by atoms with van der Waals surface area (Å²) in [4.78, 5) is 17.2. The molecule has 24 heavy (non-hydrogen) atoms. The first-order valence-corrected chi connectivity index (χ1v) is 8.80. The van der Waals surface area contributed by atoms with Gasteiger partial charge in [-0.15, -0.1) is 0 Å². The largest absolute Gasteiger partial charge is 0.342 e. The zero-order valence-corrected chi connectivity index (χ0v) is 14.3. The molecule has 2 heterocycles. The Balaban J connectivity index is 1.78. The number of halogens is 2. The number of benzene rings is 1. The fourth-order valence-electron chi connectivity index (χ4n) is 3.87. The monoisotopic (exact) mass is 336 g/mol. The third-order valence-corrected chi connectivity index (χ3v) is 5.57. The van der Waals surface area contributed by atoms with Crippen LogP contribution >= 0.6 is 0 Å². The molecule has 0 aromatic heterocycles. The standard InChI is InChI=1S/C19H26F2N2O/c1-22-11-7-18(8-12-22,15-16-5-3-2-4-6-16)17(24)23-13-9-19(20,21)10-14-23/h2-6H,7-15H2,1H3. The van der Waals surface area contributed by atoms with E-state index in [1.54, 1.807) is 4.90 Å². The second-order valence-corrected chi connectivity index (χ2v) is 7.39. The van der Waals surface area contributed by atoms with Crippen LogP contribution in [0.5, 0.6) is 0 Å². The Morgan fingerprint density at radius 1 is 1.00 bits per heavy atom. The van der Waals surface area contributed by atoms with Crippen molar-refractivity contribution in [2.45, 2.75) is 38.0 Å². The smallest absolute Gasteiger partial charge is 0.251 e. The summed E-state index contributed by atoms with van der Waals surface area (Å²) in [5.74, 6) is -2.54. The summed E-state index contributed by atoms with van der Waals surface area (Å²) >= 11 is 0. The van der Waals surface area contributed by atoms with Crippen molar-refractivity contribution in [3.8, 4) is 0 Å². The zero-order valence-electron chi connectivity index (χ0n) is 14.3. The van der Waals surface area contributed by atoms with E-state index >= 15 is 0 Å². The summed E-state index contributed by atoms with van der Waals surface area (Å²) in [6.45, 7) is 2.11. The van der Waals surface area contributed by atoms with Gasteiger partial charge in [-0.25, -0.2) is 8.78 Å². The van der Waals surface area contributed by atoms with Crippen molar-refractivity contribution in [3.63, 3.8) is 0 Å². The Kier molecular flexibility index (Phi) is 4.90. The van der Waals surface area contributed by atoms with Gasteiger partial charge in [-0.05, 0) is 45.0 Å². The van der Waals surface area contributed by atoms with E-state index in [1.165, 1.54) is 0 Å². The molecule has 132 valence electrons. The average molecular weight is 336 g/mol. The molecular weight excluding hydrogens is 310 g/mol. The summed E-state index contributed by atoms with van der Waals surface area (Å²) in [5.41, 5.74) is 0.707. The molecule has 0 atom stereocenters. The second kappa shape index (κ2) is 6.79. The van der Waals surface area contributed by atoms with Gasteiger partial charge in [0, 0.05) is 25.9 Å². The van der Waals surface area contributed by atoms with Gasteiger partial charge in [-0.1, -0.05) is 30.3 Å². The molecule has 0 spiro atoms. The van der Waals surface area contributed by atoms with Gasteiger partial charge >= 0.3 is 0 Å². The van der Waals surface area contributed by atoms with Gasteiger partial charge in [0.25, 0.3) is 5.92 Å². The van der Waals surface area contributed by atoms with E-state index in [1.807, 2.05) is 18.2 Å². The second-order valence-electron chi connectivity index (χ2n) is 7.39. The van der Waals surface area contributed by atoms with E-state index in [4.69, 9.17) is 0 Å². The number of hydrogen-bond donors (Lipinski definition) is 0. The summed E-state index contributed by atoms with van der Waals surface area (Å²) in [5, 5.41) is 0. The Labute approximate surface area is 142 Å². The minimum atomic E-state index is -2.61. The molecule has 1 aromatic carbocycles. The molecule has 1 amide bonds. The van der Waals surface area contributed by atoms with Crippen LogP contribution in [0.2, 0.25) is 0 Å². The first kappa shape index (κ1) is 17.3. The maximum Gasteiger partial charge on any atom is 0.251 e. The van der Waals surface area contributed by atoms with Crippen molar-refractivity contribution < 1.29 is 13.6 Å². The van der Waals surface area contributed by atoms with Crippen LogP contribution in [0.3, 0.4) is 0 Å². The highest BCUT2D eigenvalue weighted by Gasteiger charge is 2.45. The number of alkyl halides is 2. The number of piperidine rings is 2. The fourth-order valence-corrected chi connectivity index (χ4v) is 3.87. The van der Waals surface area contributed by atoms with Gasteiger partial charge in [0.15, 0.2) is 0 Å². The first-order valence-electron chi connectivity index (χ1n) is 8.80. The zero-order chi connectivity index (χ0) is 17.2. The first-order chi connectivity index (χ1) is 11.4. The SMILES string of the molecule is CN1CCC(Cc2ccccc2)(C(=O)N2CCC(F)(F)CC2)CC1. The third-order valence-electron chi connectivity index (χ3n) is 5.57. The van der Waals surface area contributed by atoms with E-state index in [0.29, 0.717) is 6.42 Å². The molecule has 1 aromatic rings. The van der Waals surface area contributed by atoms with Crippen LogP contribution in [0.1, 0.15) is 31.2 Å². The summed E-state index contributed by atoms with van der Waals surface area (Å²) < 4.78 is 26.9. The van der Waals surface area contributed by atoms with Crippen LogP contribution in [-0.2, 0) is 11.2 Å². The number of carbonyl (C=O) groups excluding carboxylic acids is 1. The van der Waals surface area contributed by atoms with Crippen molar-refractivity contribution in [2.24, 2.45) is 5.41 Å². The number of nitrogens with zero attached hydrogens (tertiary/aromatic N) is 2. The van der Waals surface area contributed by atoms with E-state index in [9.17, 15) is 13.6 Å². The van der Waals surface area contributed by atoms with Crippen LogP contribution in [0.15, 0.2) is 30.3 Å². The lowest BCUT2D eigenvalue weighted by molar-refractivity contribution is -0.151. The number of hydrogen-bond acceptors (Lipinski definition) is 2. The van der Waals surface area contributed by atoms with Gasteiger partial charge < -0.3 is 9.80 Å². The van der Waals surface area contributed by atoms with Crippen molar-refractivity contribution in [2.75, 3.05) is 33.2 Å². The molecule has 0 radical (unpaired) electrons. The molecule has 0 N–H and O–H groups in total. The molecule has 0 aliphatic carbocycles. The Morgan fingerprint density at radius 2 is 1.58 bits per heavy atom. The van der Waals surface area contributed by atoms with Crippen LogP contribution in [0.25, 0.3) is 0 Å². The van der Waals surface area contributed by atoms with Crippen LogP contribution in [0, 0.1) is 5.41 Å². The lowest BCUT2D eigenvalue weighted by Gasteiger charge is -2.44. The maximum atomic E-state index is 13.4. The number of amides is 1. The highest BCUT2D eigenvalue weighted by Crippen LogP contribution is 2.39. The van der Waals surface area contributed by atoms with Gasteiger partial charge in [0.05, 0.1) is 5.41 Å². The predicted octanol–water partition coefficient (Wildman–Crippen LogP) is 3.20. The summed E-state index contributed by atoms with van der Waals surface area (Å²) in [6.07, 6.45) is 1.88. The predicted molar refractivity (Wildman–Crippen MR) is 90.1 cm³/mol. The Morgan fingerprint density at radius 3 is 2.17 bits per heavy atom. The van der Waals surface area contributed by atoms with Crippen molar-refractivity contribution in [3.05, 3.63) is 35.9 Å². The molecule has 5 heteroatoms. The highest BCUT2D eigenvalue weighted by molar-refractivity contribution is 5.83. The number of likely N-dealkylation sites (tertiary alicyclic amines) is 2. The average Bonchev–Trinajstić information content (AvgIpc) is 2.57. The van der Waals surface area contributed by atoms with Gasteiger partial charge in [0.2, 0.25) is 5.91 Å². The van der Waals surface area contributed by atoms with Crippen molar-refractivity contribution in [1.29, 1.82) is 0 Å². The van der Waals surface area contributed by atoms with Gasteiger partial charge in [-0.3, -0.25) is 4.79 Å². The molecule has 3 rings (SSSR count). The number of carbonyl (C=O) groups is 1. The van der Waals surface area contributed by atoms with Crippen LogP contribution in [0.4, 0.5) is 8.78 Å². The Hall–Kier alpha value is -1.49. The molecule has 0 unspecified atom stereocenters. The van der Waals surface area contributed by atoms with E-state index in [2.05, 4.69) is 24.1 Å². The Bertz CT molecular complexity index is 558. The molecule has 3 nitrogen and oxygen atoms in total. The number of rotatable bonds is 3. The summed E-state index contributed by atoms with van der Waals surface area (Å²) in [7, 11) is 2.07. The van der Waals surface area contributed by atoms with Crippen LogP contribution in [-0.4, -0.2) is 54.9 Å².